The molecule has 0 amide bonds. The predicted molar refractivity (Wildman–Crippen MR) is 64.5 cm³/mol. The third-order valence-corrected chi connectivity index (χ3v) is 2.60. The van der Waals surface area contributed by atoms with Crippen LogP contribution in [0.25, 0.3) is 11.0 Å². The molecule has 0 fully saturated rings. The summed E-state index contributed by atoms with van der Waals surface area (Å²) in [6.45, 7) is 0.289. The number of aryl methyl sites for hydroxylation is 1. The Labute approximate surface area is 103 Å². The smallest absolute Gasteiger partial charge is 0.303 e. The van der Waals surface area contributed by atoms with Crippen molar-refractivity contribution in [1.29, 1.82) is 0 Å². The molecule has 1 N–H and O–H groups in total. The van der Waals surface area contributed by atoms with E-state index in [0.29, 0.717) is 11.3 Å². The number of hydrogen-bond acceptors (Lipinski definition) is 2. The number of benzene rings is 1. The van der Waals surface area contributed by atoms with Crippen molar-refractivity contribution in [3.05, 3.63) is 29.8 Å². The molecule has 0 saturated carbocycles. The lowest BCUT2D eigenvalue weighted by molar-refractivity contribution is -0.137. The van der Waals surface area contributed by atoms with Crippen molar-refractivity contribution in [3.8, 4) is 12.3 Å². The first-order valence-electron chi connectivity index (χ1n) is 5.41. The van der Waals surface area contributed by atoms with E-state index in [1.54, 1.807) is 10.6 Å². The maximum absolute atomic E-state index is 13.1. The van der Waals surface area contributed by atoms with E-state index in [9.17, 15) is 9.18 Å². The molecule has 18 heavy (non-hydrogen) atoms. The van der Waals surface area contributed by atoms with Gasteiger partial charge in [0.2, 0.25) is 0 Å². The molecule has 0 bridgehead atoms. The highest BCUT2D eigenvalue weighted by atomic mass is 19.1. The van der Waals surface area contributed by atoms with Crippen molar-refractivity contribution in [2.75, 3.05) is 0 Å². The van der Waals surface area contributed by atoms with Gasteiger partial charge in [0.15, 0.2) is 0 Å². The highest BCUT2D eigenvalue weighted by Crippen LogP contribution is 2.18. The molecule has 0 atom stereocenters. The second-order valence-electron chi connectivity index (χ2n) is 3.85. The van der Waals surface area contributed by atoms with E-state index in [0.717, 1.165) is 5.52 Å². The summed E-state index contributed by atoms with van der Waals surface area (Å²) in [5.74, 6) is 1.77. The fourth-order valence-corrected chi connectivity index (χ4v) is 1.83. The summed E-state index contributed by atoms with van der Waals surface area (Å²) >= 11 is 0. The van der Waals surface area contributed by atoms with Crippen LogP contribution in [-0.4, -0.2) is 20.6 Å². The van der Waals surface area contributed by atoms with E-state index < -0.39 is 5.97 Å². The average molecular weight is 246 g/mol. The Kier molecular flexibility index (Phi) is 3.28. The molecule has 0 unspecified atom stereocenters. The Morgan fingerprint density at radius 3 is 3.00 bits per heavy atom. The van der Waals surface area contributed by atoms with Gasteiger partial charge in [0.1, 0.15) is 11.6 Å². The summed E-state index contributed by atoms with van der Waals surface area (Å²) in [4.78, 5) is 14.8. The van der Waals surface area contributed by atoms with Gasteiger partial charge in [-0.2, -0.15) is 0 Å². The third-order valence-electron chi connectivity index (χ3n) is 2.60. The first-order valence-corrected chi connectivity index (χ1v) is 5.41. The molecular formula is C13H11FN2O2. The van der Waals surface area contributed by atoms with Gasteiger partial charge >= 0.3 is 5.97 Å². The topological polar surface area (TPSA) is 55.1 Å². The molecule has 0 saturated heterocycles. The number of carboxylic acids is 1. The van der Waals surface area contributed by atoms with Crippen LogP contribution in [0, 0.1) is 18.2 Å². The number of fused-ring (bicyclic) bond motifs is 1. The van der Waals surface area contributed by atoms with Gasteiger partial charge in [-0.25, -0.2) is 9.37 Å². The number of terminal acetylenes is 1. The molecule has 0 aliphatic rings. The maximum atomic E-state index is 13.1. The highest BCUT2D eigenvalue weighted by Gasteiger charge is 2.11. The van der Waals surface area contributed by atoms with Crippen LogP contribution in [0.2, 0.25) is 0 Å². The second kappa shape index (κ2) is 4.88. The van der Waals surface area contributed by atoms with Gasteiger partial charge in [-0.15, -0.1) is 6.42 Å². The number of imidazole rings is 1. The van der Waals surface area contributed by atoms with Crippen LogP contribution < -0.4 is 0 Å². The number of aliphatic carboxylic acids is 1. The van der Waals surface area contributed by atoms with Gasteiger partial charge < -0.3 is 9.67 Å². The van der Waals surface area contributed by atoms with E-state index in [-0.39, 0.29) is 25.2 Å². The number of halogens is 1. The van der Waals surface area contributed by atoms with Crippen LogP contribution in [0.1, 0.15) is 12.2 Å². The van der Waals surface area contributed by atoms with Crippen molar-refractivity contribution in [2.24, 2.45) is 0 Å². The van der Waals surface area contributed by atoms with Crippen LogP contribution in [0.15, 0.2) is 18.2 Å². The SMILES string of the molecule is C#CCn1c(CCC(=O)O)nc2cc(F)ccc21. The Morgan fingerprint density at radius 2 is 2.33 bits per heavy atom. The van der Waals surface area contributed by atoms with Crippen LogP contribution in [-0.2, 0) is 17.8 Å². The molecule has 0 spiro atoms. The molecule has 1 heterocycles. The first-order chi connectivity index (χ1) is 8.61. The van der Waals surface area contributed by atoms with Crippen molar-refractivity contribution in [3.63, 3.8) is 0 Å². The molecule has 0 aliphatic carbocycles. The number of carbonyl (C=O) groups is 1. The summed E-state index contributed by atoms with van der Waals surface area (Å²) in [5.41, 5.74) is 1.21. The zero-order valence-electron chi connectivity index (χ0n) is 9.56. The summed E-state index contributed by atoms with van der Waals surface area (Å²) in [5, 5.41) is 8.68. The van der Waals surface area contributed by atoms with Crippen molar-refractivity contribution < 1.29 is 14.3 Å². The molecule has 4 nitrogen and oxygen atoms in total. The summed E-state index contributed by atoms with van der Waals surface area (Å²) in [6, 6.07) is 4.24. The largest absolute Gasteiger partial charge is 0.481 e. The van der Waals surface area contributed by atoms with Crippen LogP contribution in [0.3, 0.4) is 0 Å². The second-order valence-corrected chi connectivity index (χ2v) is 3.85. The predicted octanol–water partition coefficient (Wildman–Crippen LogP) is 1.83. The number of hydrogen-bond donors (Lipinski definition) is 1. The normalized spacial score (nSPS) is 10.4. The first kappa shape index (κ1) is 12.1. The van der Waals surface area contributed by atoms with E-state index in [1.807, 2.05) is 0 Å². The van der Waals surface area contributed by atoms with E-state index >= 15 is 0 Å². The molecule has 0 aliphatic heterocycles. The number of carboxylic acid groups (broad SMARTS) is 1. The summed E-state index contributed by atoms with van der Waals surface area (Å²) < 4.78 is 14.8. The molecule has 2 rings (SSSR count). The van der Waals surface area contributed by atoms with Crippen molar-refractivity contribution in [1.82, 2.24) is 9.55 Å². The van der Waals surface area contributed by atoms with E-state index in [1.165, 1.54) is 12.1 Å². The molecule has 5 heteroatoms. The molecule has 92 valence electrons. The summed E-state index contributed by atoms with van der Waals surface area (Å²) in [6.07, 6.45) is 5.52. The minimum Gasteiger partial charge on any atom is -0.481 e. The zero-order chi connectivity index (χ0) is 13.1. The third kappa shape index (κ3) is 2.33. The zero-order valence-corrected chi connectivity index (χ0v) is 9.56. The standard InChI is InChI=1S/C13H11FN2O2/c1-2-7-16-11-4-3-9(14)8-10(11)15-12(16)5-6-13(17)18/h1,3-4,8H,5-7H2,(H,17,18). The minimum absolute atomic E-state index is 0.0314. The fraction of sp³-hybridized carbons (Fsp3) is 0.231. The number of rotatable bonds is 4. The Balaban J connectivity index is 2.47. The van der Waals surface area contributed by atoms with Crippen molar-refractivity contribution in [2.45, 2.75) is 19.4 Å². The monoisotopic (exact) mass is 246 g/mol. The lowest BCUT2D eigenvalue weighted by Gasteiger charge is -2.03. The lowest BCUT2D eigenvalue weighted by Crippen LogP contribution is -2.06. The van der Waals surface area contributed by atoms with Gasteiger partial charge in [-0.05, 0) is 12.1 Å². The fourth-order valence-electron chi connectivity index (χ4n) is 1.83. The Morgan fingerprint density at radius 1 is 1.56 bits per heavy atom. The van der Waals surface area contributed by atoms with Gasteiger partial charge in [0.05, 0.1) is 24.0 Å². The molecular weight excluding hydrogens is 235 g/mol. The highest BCUT2D eigenvalue weighted by molar-refractivity contribution is 5.76. The van der Waals surface area contributed by atoms with Crippen LogP contribution >= 0.6 is 0 Å². The van der Waals surface area contributed by atoms with Gasteiger partial charge in [0.25, 0.3) is 0 Å². The van der Waals surface area contributed by atoms with E-state index in [2.05, 4.69) is 10.9 Å². The van der Waals surface area contributed by atoms with Gasteiger partial charge in [-0.3, -0.25) is 4.79 Å². The van der Waals surface area contributed by atoms with E-state index in [4.69, 9.17) is 11.5 Å². The van der Waals surface area contributed by atoms with Gasteiger partial charge in [-0.1, -0.05) is 5.92 Å². The van der Waals surface area contributed by atoms with Crippen LogP contribution in [0.5, 0.6) is 0 Å². The van der Waals surface area contributed by atoms with Crippen molar-refractivity contribution >= 4 is 17.0 Å². The molecule has 2 aromatic rings. The minimum atomic E-state index is -0.902. The van der Waals surface area contributed by atoms with Gasteiger partial charge in [0, 0.05) is 12.5 Å². The quantitative estimate of drug-likeness (QED) is 0.837. The lowest BCUT2D eigenvalue weighted by atomic mass is 10.3. The Hall–Kier alpha value is -2.35. The molecule has 0 radical (unpaired) electrons. The Bertz CT molecular complexity index is 640. The summed E-state index contributed by atoms with van der Waals surface area (Å²) in [7, 11) is 0. The number of nitrogens with zero attached hydrogens (tertiary/aromatic N) is 2. The average Bonchev–Trinajstić information content (AvgIpc) is 2.64. The number of aromatic nitrogens is 2. The van der Waals surface area contributed by atoms with Crippen LogP contribution in [0.4, 0.5) is 4.39 Å². The molecule has 1 aromatic carbocycles. The maximum Gasteiger partial charge on any atom is 0.303 e. The molecule has 1 aromatic heterocycles.